The molecule has 0 bridgehead atoms. The number of phenolic OH excluding ortho intramolecular Hbond substituents is 2. The second kappa shape index (κ2) is 10.7. The van der Waals surface area contributed by atoms with Crippen LogP contribution in [0, 0.1) is 0 Å². The van der Waals surface area contributed by atoms with E-state index >= 15 is 0 Å². The standard InChI is InChI=1S/C35H32N4O7/c1-44-22-6-3-19(27(17-22)45-2)18-39-34(42)30-28-23-7-4-20(40)15-25(23)36-32(28)33-29(31(30)35(39)43)24-8-5-21(41)16-26(24)38(33)10-9-37-11-13-46-14-12-37/h3-8,15-17,36,40-41H,9-14,18H2,1-2H3. The number of morpholine rings is 1. The summed E-state index contributed by atoms with van der Waals surface area (Å²) in [6.45, 7) is 4.28. The summed E-state index contributed by atoms with van der Waals surface area (Å²) in [4.78, 5) is 36.1. The normalized spacial score (nSPS) is 15.6. The second-order valence-corrected chi connectivity index (χ2v) is 11.8. The zero-order chi connectivity index (χ0) is 31.7. The minimum absolute atomic E-state index is 0.00209. The summed E-state index contributed by atoms with van der Waals surface area (Å²) in [5, 5.41) is 23.7. The average molecular weight is 621 g/mol. The van der Waals surface area contributed by atoms with Crippen LogP contribution in [0.15, 0.2) is 54.6 Å². The number of aromatic hydroxyl groups is 2. The third-order valence-corrected chi connectivity index (χ3v) is 9.30. The van der Waals surface area contributed by atoms with Gasteiger partial charge in [-0.05, 0) is 36.4 Å². The van der Waals surface area contributed by atoms with Gasteiger partial charge in [-0.3, -0.25) is 19.4 Å². The molecule has 46 heavy (non-hydrogen) atoms. The number of carbonyl (C=O) groups is 2. The summed E-state index contributed by atoms with van der Waals surface area (Å²) in [7, 11) is 3.10. The number of phenols is 2. The molecule has 0 atom stereocenters. The Hall–Kier alpha value is -5.26. The van der Waals surface area contributed by atoms with Crippen LogP contribution in [-0.4, -0.2) is 88.4 Å². The summed E-state index contributed by atoms with van der Waals surface area (Å²) >= 11 is 0. The molecular weight excluding hydrogens is 588 g/mol. The molecule has 11 nitrogen and oxygen atoms in total. The second-order valence-electron chi connectivity index (χ2n) is 11.8. The molecule has 2 aromatic heterocycles. The van der Waals surface area contributed by atoms with Gasteiger partial charge in [-0.2, -0.15) is 0 Å². The van der Waals surface area contributed by atoms with E-state index in [0.717, 1.165) is 41.4 Å². The Morgan fingerprint density at radius 2 is 1.54 bits per heavy atom. The van der Waals surface area contributed by atoms with Crippen molar-refractivity contribution in [2.24, 2.45) is 0 Å². The minimum atomic E-state index is -0.410. The van der Waals surface area contributed by atoms with Gasteiger partial charge >= 0.3 is 0 Å². The lowest BCUT2D eigenvalue weighted by molar-refractivity contribution is 0.0366. The Kier molecular flexibility index (Phi) is 6.55. The van der Waals surface area contributed by atoms with Crippen LogP contribution in [0.3, 0.4) is 0 Å². The highest BCUT2D eigenvalue weighted by Crippen LogP contribution is 2.46. The number of carbonyl (C=O) groups excluding carboxylic acids is 2. The van der Waals surface area contributed by atoms with E-state index in [4.69, 9.17) is 14.2 Å². The van der Waals surface area contributed by atoms with Crippen LogP contribution in [0.5, 0.6) is 23.0 Å². The Morgan fingerprint density at radius 3 is 2.28 bits per heavy atom. The summed E-state index contributed by atoms with van der Waals surface area (Å²) in [6.07, 6.45) is 0. The fourth-order valence-electron chi connectivity index (χ4n) is 7.11. The van der Waals surface area contributed by atoms with Crippen LogP contribution in [-0.2, 0) is 17.8 Å². The first-order valence-corrected chi connectivity index (χ1v) is 15.2. The average Bonchev–Trinajstić information content (AvgIpc) is 3.67. The Balaban J connectivity index is 1.40. The molecule has 1 saturated heterocycles. The molecule has 2 aliphatic heterocycles. The van der Waals surface area contributed by atoms with Gasteiger partial charge in [0.05, 0.1) is 67.2 Å². The zero-order valence-corrected chi connectivity index (χ0v) is 25.4. The third kappa shape index (κ3) is 4.19. The molecule has 8 rings (SSSR count). The molecule has 0 unspecified atom stereocenters. The van der Waals surface area contributed by atoms with Gasteiger partial charge in [0.25, 0.3) is 11.8 Å². The molecule has 11 heteroatoms. The third-order valence-electron chi connectivity index (χ3n) is 9.30. The molecule has 4 heterocycles. The topological polar surface area (TPSA) is 129 Å². The van der Waals surface area contributed by atoms with Gasteiger partial charge in [0.1, 0.15) is 23.0 Å². The number of aromatic amines is 1. The van der Waals surface area contributed by atoms with E-state index in [0.29, 0.717) is 69.8 Å². The molecule has 0 aliphatic carbocycles. The Bertz CT molecular complexity index is 2230. The lowest BCUT2D eigenvalue weighted by atomic mass is 9.96. The van der Waals surface area contributed by atoms with Gasteiger partial charge in [-0.1, -0.05) is 0 Å². The van der Waals surface area contributed by atoms with Gasteiger partial charge in [0.15, 0.2) is 0 Å². The molecule has 0 saturated carbocycles. The van der Waals surface area contributed by atoms with Crippen LogP contribution < -0.4 is 9.47 Å². The van der Waals surface area contributed by atoms with Gasteiger partial charge in [0, 0.05) is 71.5 Å². The van der Waals surface area contributed by atoms with Crippen LogP contribution in [0.4, 0.5) is 0 Å². The number of nitrogens with zero attached hydrogens (tertiary/aromatic N) is 3. The molecule has 6 aromatic rings. The van der Waals surface area contributed by atoms with E-state index in [1.54, 1.807) is 55.6 Å². The quantitative estimate of drug-likeness (QED) is 0.213. The number of hydrogen-bond acceptors (Lipinski definition) is 8. The highest BCUT2D eigenvalue weighted by molar-refractivity contribution is 6.39. The number of aromatic nitrogens is 2. The number of methoxy groups -OCH3 is 2. The predicted molar refractivity (Wildman–Crippen MR) is 173 cm³/mol. The minimum Gasteiger partial charge on any atom is -0.508 e. The van der Waals surface area contributed by atoms with Crippen molar-refractivity contribution in [3.05, 3.63) is 71.3 Å². The first-order chi connectivity index (χ1) is 22.4. The van der Waals surface area contributed by atoms with Gasteiger partial charge in [0.2, 0.25) is 0 Å². The number of imide groups is 1. The van der Waals surface area contributed by atoms with Crippen LogP contribution in [0.25, 0.3) is 43.6 Å². The number of H-pyrrole nitrogens is 1. The number of benzene rings is 4. The molecular formula is C35H32N4O7. The van der Waals surface area contributed by atoms with Crippen LogP contribution in [0.1, 0.15) is 26.3 Å². The van der Waals surface area contributed by atoms with Crippen molar-refractivity contribution in [1.29, 1.82) is 0 Å². The number of fused-ring (bicyclic) bond motifs is 10. The van der Waals surface area contributed by atoms with Gasteiger partial charge < -0.3 is 34.0 Å². The molecule has 2 amide bonds. The van der Waals surface area contributed by atoms with Crippen LogP contribution >= 0.6 is 0 Å². The number of ether oxygens (including phenoxy) is 3. The zero-order valence-electron chi connectivity index (χ0n) is 25.4. The van der Waals surface area contributed by atoms with Crippen molar-refractivity contribution in [2.45, 2.75) is 13.1 Å². The Morgan fingerprint density at radius 1 is 0.826 bits per heavy atom. The smallest absolute Gasteiger partial charge is 0.262 e. The maximum atomic E-state index is 14.5. The van der Waals surface area contributed by atoms with E-state index in [1.807, 2.05) is 6.07 Å². The molecule has 1 fully saturated rings. The van der Waals surface area contributed by atoms with E-state index in [-0.39, 0.29) is 18.0 Å². The fourth-order valence-corrected chi connectivity index (χ4v) is 7.11. The molecule has 0 spiro atoms. The van der Waals surface area contributed by atoms with E-state index in [9.17, 15) is 19.8 Å². The van der Waals surface area contributed by atoms with E-state index in [1.165, 1.54) is 12.0 Å². The summed E-state index contributed by atoms with van der Waals surface area (Å²) in [6, 6.07) is 15.4. The number of nitrogens with one attached hydrogen (secondary N) is 1. The van der Waals surface area contributed by atoms with E-state index in [2.05, 4.69) is 14.5 Å². The summed E-state index contributed by atoms with van der Waals surface area (Å²) in [5.41, 5.74) is 4.17. The molecule has 234 valence electrons. The SMILES string of the molecule is COc1ccc(CN2C(=O)c3c(c4c5ccc(O)cc5n(CCN5CCOCC5)c4c4[nH]c5cc(O)ccc5c34)C2=O)c(OC)c1. The van der Waals surface area contributed by atoms with Crippen LogP contribution in [0.2, 0.25) is 0 Å². The molecule has 2 aliphatic rings. The van der Waals surface area contributed by atoms with Crippen molar-refractivity contribution in [3.8, 4) is 23.0 Å². The lowest BCUT2D eigenvalue weighted by Crippen LogP contribution is -2.38. The fraction of sp³-hybridized carbons (Fsp3) is 0.257. The van der Waals surface area contributed by atoms with Crippen molar-refractivity contribution >= 4 is 55.4 Å². The first kappa shape index (κ1) is 28.2. The van der Waals surface area contributed by atoms with E-state index < -0.39 is 11.8 Å². The van der Waals surface area contributed by atoms with Crippen molar-refractivity contribution in [2.75, 3.05) is 47.1 Å². The lowest BCUT2D eigenvalue weighted by Gasteiger charge is -2.27. The monoisotopic (exact) mass is 620 g/mol. The number of amides is 2. The van der Waals surface area contributed by atoms with Gasteiger partial charge in [-0.25, -0.2) is 0 Å². The molecule has 0 radical (unpaired) electrons. The largest absolute Gasteiger partial charge is 0.508 e. The highest BCUT2D eigenvalue weighted by atomic mass is 16.5. The maximum Gasteiger partial charge on any atom is 0.262 e. The number of hydrogen-bond donors (Lipinski definition) is 3. The number of rotatable bonds is 7. The summed E-state index contributed by atoms with van der Waals surface area (Å²) < 4.78 is 18.6. The highest BCUT2D eigenvalue weighted by Gasteiger charge is 2.42. The van der Waals surface area contributed by atoms with Crippen molar-refractivity contribution < 1.29 is 34.0 Å². The summed E-state index contributed by atoms with van der Waals surface area (Å²) in [5.74, 6) is 0.476. The first-order valence-electron chi connectivity index (χ1n) is 15.2. The van der Waals surface area contributed by atoms with Crippen molar-refractivity contribution in [3.63, 3.8) is 0 Å². The van der Waals surface area contributed by atoms with Crippen molar-refractivity contribution in [1.82, 2.24) is 19.4 Å². The predicted octanol–water partition coefficient (Wildman–Crippen LogP) is 4.99. The van der Waals surface area contributed by atoms with Gasteiger partial charge in [-0.15, -0.1) is 0 Å². The Labute approximate surface area is 263 Å². The maximum absolute atomic E-state index is 14.5. The molecule has 4 aromatic carbocycles. The molecule has 3 N–H and O–H groups in total.